The van der Waals surface area contributed by atoms with Gasteiger partial charge in [-0.2, -0.15) is 5.26 Å². The molecule has 4 rings (SSSR count). The van der Waals surface area contributed by atoms with Crippen LogP contribution < -0.4 is 0 Å². The average molecular weight is 460 g/mol. The molecule has 0 spiro atoms. The largest absolute Gasteiger partial charge is 0.236 e. The maximum Gasteiger partial charge on any atom is 0.159 e. The Hall–Kier alpha value is -3.13. The molecule has 1 saturated carbocycles. The number of nitrogens with zero attached hydrogens (tertiary/aromatic N) is 3. The van der Waals surface area contributed by atoms with Crippen LogP contribution in [0, 0.1) is 28.9 Å². The quantitative estimate of drug-likeness (QED) is 0.319. The Morgan fingerprint density at radius 3 is 2.09 bits per heavy atom. The van der Waals surface area contributed by atoms with Crippen molar-refractivity contribution >= 4 is 0 Å². The maximum atomic E-state index is 13.9. The van der Waals surface area contributed by atoms with E-state index in [1.54, 1.807) is 12.4 Å². The van der Waals surface area contributed by atoms with Crippen LogP contribution in [-0.2, 0) is 0 Å². The van der Waals surface area contributed by atoms with Gasteiger partial charge in [-0.3, -0.25) is 0 Å². The zero-order chi connectivity index (χ0) is 23.9. The summed E-state index contributed by atoms with van der Waals surface area (Å²) in [6.45, 7) is 2.26. The first-order valence-corrected chi connectivity index (χ1v) is 12.4. The van der Waals surface area contributed by atoms with Gasteiger partial charge in [-0.15, -0.1) is 0 Å². The molecule has 0 atom stereocenters. The highest BCUT2D eigenvalue weighted by Gasteiger charge is 2.22. The molecule has 0 amide bonds. The molecular weight excluding hydrogens is 428 g/mol. The minimum absolute atomic E-state index is 0.205. The van der Waals surface area contributed by atoms with E-state index in [-0.39, 0.29) is 11.4 Å². The van der Waals surface area contributed by atoms with Crippen molar-refractivity contribution in [1.29, 1.82) is 5.26 Å². The summed E-state index contributed by atoms with van der Waals surface area (Å²) in [5, 5.41) is 8.82. The fourth-order valence-electron chi connectivity index (χ4n) is 5.03. The Bertz CT molecular complexity index is 1100. The molecule has 0 saturated heterocycles. The third kappa shape index (κ3) is 5.67. The first kappa shape index (κ1) is 24.0. The predicted molar refractivity (Wildman–Crippen MR) is 131 cm³/mol. The first-order chi connectivity index (χ1) is 16.6. The maximum absolute atomic E-state index is 13.9. The highest BCUT2D eigenvalue weighted by atomic mass is 19.1. The smallest absolute Gasteiger partial charge is 0.159 e. The van der Waals surface area contributed by atoms with E-state index in [1.165, 1.54) is 69.4 Å². The van der Waals surface area contributed by atoms with Crippen molar-refractivity contribution in [3.8, 4) is 28.6 Å². The lowest BCUT2D eigenvalue weighted by Crippen LogP contribution is -2.13. The van der Waals surface area contributed by atoms with Crippen LogP contribution in [0.1, 0.15) is 81.8 Å². The van der Waals surface area contributed by atoms with E-state index >= 15 is 0 Å². The molecule has 2 aromatic carbocycles. The molecule has 176 valence electrons. The van der Waals surface area contributed by atoms with E-state index in [4.69, 9.17) is 5.26 Å². The third-order valence-electron chi connectivity index (χ3n) is 7.09. The second kappa shape index (κ2) is 11.3. The third-order valence-corrected chi connectivity index (χ3v) is 7.09. The van der Waals surface area contributed by atoms with Gasteiger partial charge in [-0.1, -0.05) is 63.3 Å². The fraction of sp³-hybridized carbons (Fsp3) is 0.414. The summed E-state index contributed by atoms with van der Waals surface area (Å²) in [5.74, 6) is -0.0615. The number of aromatic nitrogens is 2. The molecule has 5 heteroatoms. The lowest BCUT2D eigenvalue weighted by atomic mass is 9.77. The molecule has 0 bridgehead atoms. The molecule has 0 aliphatic heterocycles. The number of rotatable bonds is 8. The van der Waals surface area contributed by atoms with Gasteiger partial charge in [0.2, 0.25) is 0 Å². The van der Waals surface area contributed by atoms with E-state index in [2.05, 4.69) is 41.2 Å². The standard InChI is InChI=1S/C29H31F2N3/c1-2-3-4-5-6-20-7-9-21(10-8-20)22-11-13-23(14-12-22)25-18-33-29(34-19-25)24-15-27(30)26(17-32)28(31)16-24/h11-16,18-21H,2-10H2,1H3/t20-,21-. The second-order valence-corrected chi connectivity index (χ2v) is 9.41. The summed E-state index contributed by atoms with van der Waals surface area (Å²) in [6, 6.07) is 12.3. The Balaban J connectivity index is 1.37. The normalized spacial score (nSPS) is 17.9. The molecule has 0 N–H and O–H groups in total. The SMILES string of the molecule is CCCCCC[C@H]1CC[C@H](c2ccc(-c3cnc(-c4cc(F)c(C#N)c(F)c4)nc3)cc2)CC1. The monoisotopic (exact) mass is 459 g/mol. The summed E-state index contributed by atoms with van der Waals surface area (Å²) >= 11 is 0. The van der Waals surface area contributed by atoms with Crippen LogP contribution in [0.2, 0.25) is 0 Å². The summed E-state index contributed by atoms with van der Waals surface area (Å²) in [6.07, 6.45) is 15.4. The number of unbranched alkanes of at least 4 members (excludes halogenated alkanes) is 3. The molecule has 1 aliphatic carbocycles. The molecule has 1 aliphatic rings. The van der Waals surface area contributed by atoms with E-state index in [0.29, 0.717) is 5.92 Å². The van der Waals surface area contributed by atoms with Gasteiger partial charge in [-0.05, 0) is 60.8 Å². The van der Waals surface area contributed by atoms with Crippen molar-refractivity contribution in [1.82, 2.24) is 9.97 Å². The average Bonchev–Trinajstić information content (AvgIpc) is 2.87. The van der Waals surface area contributed by atoms with Crippen molar-refractivity contribution in [2.75, 3.05) is 0 Å². The lowest BCUT2D eigenvalue weighted by Gasteiger charge is -2.29. The van der Waals surface area contributed by atoms with Gasteiger partial charge in [0.15, 0.2) is 5.82 Å². The summed E-state index contributed by atoms with van der Waals surface area (Å²) in [5.41, 5.74) is 2.87. The zero-order valence-corrected chi connectivity index (χ0v) is 19.7. The first-order valence-electron chi connectivity index (χ1n) is 12.4. The highest BCUT2D eigenvalue weighted by molar-refractivity contribution is 5.64. The van der Waals surface area contributed by atoms with Crippen LogP contribution >= 0.6 is 0 Å². The lowest BCUT2D eigenvalue weighted by molar-refractivity contribution is 0.302. The predicted octanol–water partition coefficient (Wildman–Crippen LogP) is 8.20. The van der Waals surface area contributed by atoms with Crippen LogP contribution in [0.3, 0.4) is 0 Å². The van der Waals surface area contributed by atoms with Crippen LogP contribution in [0.4, 0.5) is 8.78 Å². The van der Waals surface area contributed by atoms with Crippen LogP contribution in [-0.4, -0.2) is 9.97 Å². The van der Waals surface area contributed by atoms with Crippen LogP contribution in [0.5, 0.6) is 0 Å². The molecule has 34 heavy (non-hydrogen) atoms. The Morgan fingerprint density at radius 1 is 0.853 bits per heavy atom. The van der Waals surface area contributed by atoms with Gasteiger partial charge in [0.1, 0.15) is 23.3 Å². The van der Waals surface area contributed by atoms with Gasteiger partial charge in [-0.25, -0.2) is 18.7 Å². The van der Waals surface area contributed by atoms with Gasteiger partial charge < -0.3 is 0 Å². The van der Waals surface area contributed by atoms with E-state index < -0.39 is 17.2 Å². The van der Waals surface area contributed by atoms with E-state index in [9.17, 15) is 8.78 Å². The number of hydrogen-bond donors (Lipinski definition) is 0. The number of halogens is 2. The van der Waals surface area contributed by atoms with Gasteiger partial charge >= 0.3 is 0 Å². The minimum atomic E-state index is -0.911. The van der Waals surface area contributed by atoms with E-state index in [0.717, 1.165) is 29.2 Å². The second-order valence-electron chi connectivity index (χ2n) is 9.41. The minimum Gasteiger partial charge on any atom is -0.236 e. The Morgan fingerprint density at radius 2 is 1.50 bits per heavy atom. The van der Waals surface area contributed by atoms with Crippen molar-refractivity contribution in [2.24, 2.45) is 5.92 Å². The summed E-state index contributed by atoms with van der Waals surface area (Å²) in [4.78, 5) is 8.58. The molecular formula is C29H31F2N3. The molecule has 1 heterocycles. The van der Waals surface area contributed by atoms with Crippen molar-refractivity contribution < 1.29 is 8.78 Å². The fourth-order valence-corrected chi connectivity index (χ4v) is 5.03. The van der Waals surface area contributed by atoms with Crippen molar-refractivity contribution in [2.45, 2.75) is 70.6 Å². The number of benzene rings is 2. The Kier molecular flexibility index (Phi) is 8.00. The molecule has 1 fully saturated rings. The van der Waals surface area contributed by atoms with Gasteiger partial charge in [0, 0.05) is 23.5 Å². The molecule has 1 aromatic heterocycles. The molecule has 3 aromatic rings. The van der Waals surface area contributed by atoms with Gasteiger partial charge in [0.25, 0.3) is 0 Å². The number of hydrogen-bond acceptors (Lipinski definition) is 3. The molecule has 0 radical (unpaired) electrons. The Labute approximate surface area is 200 Å². The molecule has 0 unspecified atom stereocenters. The highest BCUT2D eigenvalue weighted by Crippen LogP contribution is 2.38. The topological polar surface area (TPSA) is 49.6 Å². The number of nitriles is 1. The van der Waals surface area contributed by atoms with Crippen molar-refractivity contribution in [3.63, 3.8) is 0 Å². The molecule has 3 nitrogen and oxygen atoms in total. The van der Waals surface area contributed by atoms with E-state index in [1.807, 2.05) is 0 Å². The van der Waals surface area contributed by atoms with Crippen LogP contribution in [0.25, 0.3) is 22.5 Å². The summed E-state index contributed by atoms with van der Waals surface area (Å²) < 4.78 is 27.8. The van der Waals surface area contributed by atoms with Gasteiger partial charge in [0.05, 0.1) is 0 Å². The summed E-state index contributed by atoms with van der Waals surface area (Å²) in [7, 11) is 0. The van der Waals surface area contributed by atoms with Crippen LogP contribution in [0.15, 0.2) is 48.8 Å². The zero-order valence-electron chi connectivity index (χ0n) is 19.7. The van der Waals surface area contributed by atoms with Crippen molar-refractivity contribution in [3.05, 3.63) is 71.6 Å².